The maximum atomic E-state index is 15.6. The van der Waals surface area contributed by atoms with Crippen LogP contribution in [0.25, 0.3) is 71.6 Å². The molecule has 0 fully saturated rings. The molecule has 11 rings (SSSR count). The molecule has 246 valence electrons. The smallest absolute Gasteiger partial charge is 0.172 e. The average Bonchev–Trinajstić information content (AvgIpc) is 3.76. The highest BCUT2D eigenvalue weighted by Crippen LogP contribution is 2.55. The van der Waals surface area contributed by atoms with Crippen molar-refractivity contribution in [2.45, 2.75) is 19.3 Å². The normalized spacial score (nSPS) is 16.6. The van der Waals surface area contributed by atoms with Crippen LogP contribution in [0.1, 0.15) is 25.0 Å². The highest BCUT2D eigenvalue weighted by molar-refractivity contribution is 7.86. The summed E-state index contributed by atoms with van der Waals surface area (Å²) in [5.41, 5.74) is 13.3. The quantitative estimate of drug-likeness (QED) is 0.170. The van der Waals surface area contributed by atoms with Gasteiger partial charge < -0.3 is 9.13 Å². The number of nitrogens with zero attached hydrogens (tertiary/aromatic N) is 1. The zero-order valence-electron chi connectivity index (χ0n) is 29.0. The molecular formula is C49H34NOP. The van der Waals surface area contributed by atoms with Gasteiger partial charge in [0.05, 0.1) is 16.7 Å². The Bertz CT molecular complexity index is 3020. The molecule has 1 aliphatic heterocycles. The third kappa shape index (κ3) is 3.78. The molecule has 2 heterocycles. The van der Waals surface area contributed by atoms with Crippen LogP contribution >= 0.6 is 7.14 Å². The molecule has 0 saturated heterocycles. The van der Waals surface area contributed by atoms with E-state index in [1.165, 1.54) is 54.9 Å². The number of rotatable bonds is 3. The Labute approximate surface area is 303 Å². The zero-order valence-corrected chi connectivity index (χ0v) is 29.9. The second-order valence-electron chi connectivity index (χ2n) is 14.8. The minimum atomic E-state index is -3.11. The Morgan fingerprint density at radius 2 is 1.13 bits per heavy atom. The summed E-state index contributed by atoms with van der Waals surface area (Å²) in [5.74, 6) is 0. The van der Waals surface area contributed by atoms with E-state index in [9.17, 15) is 0 Å². The molecule has 9 aromatic rings. The molecule has 0 spiro atoms. The lowest BCUT2D eigenvalue weighted by atomic mass is 9.81. The lowest BCUT2D eigenvalue weighted by molar-refractivity contribution is 0.593. The molecule has 52 heavy (non-hydrogen) atoms. The largest absolute Gasteiger partial charge is 0.309 e. The Hall–Kier alpha value is -5.95. The van der Waals surface area contributed by atoms with Gasteiger partial charge in [0.15, 0.2) is 7.14 Å². The van der Waals surface area contributed by atoms with Gasteiger partial charge in [0.2, 0.25) is 0 Å². The Kier molecular flexibility index (Phi) is 6.03. The van der Waals surface area contributed by atoms with Crippen molar-refractivity contribution in [1.29, 1.82) is 0 Å². The highest BCUT2D eigenvalue weighted by Gasteiger charge is 2.42. The molecular weight excluding hydrogens is 650 g/mol. The van der Waals surface area contributed by atoms with E-state index in [0.29, 0.717) is 0 Å². The van der Waals surface area contributed by atoms with Crippen molar-refractivity contribution >= 4 is 55.6 Å². The predicted octanol–water partition coefficient (Wildman–Crippen LogP) is 11.5. The first-order valence-electron chi connectivity index (χ1n) is 18.1. The molecule has 1 atom stereocenters. The maximum absolute atomic E-state index is 15.6. The summed E-state index contributed by atoms with van der Waals surface area (Å²) in [5, 5.41) is 7.45. The standard InChI is InChI=1S/C49H34NOP/c1-49(2)41-21-11-8-17-35(41)36-25-24-31(30-42(36)49)33-26-28-44(37-18-7-6-16-34(33)37)50-43-22-12-9-19-38(43)39-27-29-46-47(48(39)50)40-20-10-13-23-45(40)52(46,51)32-14-4-3-5-15-32/h3-30H,1-2H3. The van der Waals surface area contributed by atoms with Crippen molar-refractivity contribution in [2.75, 3.05) is 0 Å². The summed E-state index contributed by atoms with van der Waals surface area (Å²) in [6, 6.07) is 60.7. The second-order valence-corrected chi connectivity index (χ2v) is 17.5. The van der Waals surface area contributed by atoms with Crippen LogP contribution in [0, 0.1) is 0 Å². The van der Waals surface area contributed by atoms with Gasteiger partial charge in [-0.3, -0.25) is 0 Å². The second kappa shape index (κ2) is 10.5. The van der Waals surface area contributed by atoms with Crippen molar-refractivity contribution in [3.63, 3.8) is 0 Å². The van der Waals surface area contributed by atoms with Gasteiger partial charge in [-0.15, -0.1) is 0 Å². The zero-order chi connectivity index (χ0) is 34.8. The molecule has 8 aromatic carbocycles. The van der Waals surface area contributed by atoms with Crippen LogP contribution in [0.2, 0.25) is 0 Å². The van der Waals surface area contributed by atoms with E-state index in [0.717, 1.165) is 43.8 Å². The predicted molar refractivity (Wildman–Crippen MR) is 220 cm³/mol. The van der Waals surface area contributed by atoms with Crippen molar-refractivity contribution in [2.24, 2.45) is 0 Å². The molecule has 1 aromatic heterocycles. The van der Waals surface area contributed by atoms with Crippen molar-refractivity contribution < 1.29 is 4.57 Å². The highest BCUT2D eigenvalue weighted by atomic mass is 31.2. The fourth-order valence-corrected chi connectivity index (χ4v) is 12.5. The van der Waals surface area contributed by atoms with Gasteiger partial charge in [0.1, 0.15) is 0 Å². The maximum Gasteiger partial charge on any atom is 0.172 e. The molecule has 0 amide bonds. The summed E-state index contributed by atoms with van der Waals surface area (Å²) in [7, 11) is -3.11. The minimum absolute atomic E-state index is 0.0729. The first kappa shape index (κ1) is 29.7. The molecule has 1 aliphatic carbocycles. The van der Waals surface area contributed by atoms with Gasteiger partial charge >= 0.3 is 0 Å². The summed E-state index contributed by atoms with van der Waals surface area (Å²) in [6.07, 6.45) is 0. The van der Waals surface area contributed by atoms with E-state index in [1.54, 1.807) is 0 Å². The van der Waals surface area contributed by atoms with E-state index in [-0.39, 0.29) is 5.41 Å². The van der Waals surface area contributed by atoms with Crippen LogP contribution < -0.4 is 15.9 Å². The third-order valence-electron chi connectivity index (χ3n) is 11.8. The third-order valence-corrected chi connectivity index (χ3v) is 15.0. The molecule has 0 N–H and O–H groups in total. The molecule has 2 nitrogen and oxygen atoms in total. The Morgan fingerprint density at radius 3 is 1.98 bits per heavy atom. The van der Waals surface area contributed by atoms with E-state index in [2.05, 4.69) is 152 Å². The van der Waals surface area contributed by atoms with Crippen molar-refractivity contribution in [3.05, 3.63) is 181 Å². The van der Waals surface area contributed by atoms with Crippen LogP contribution in [0.4, 0.5) is 0 Å². The van der Waals surface area contributed by atoms with Crippen LogP contribution in [-0.2, 0) is 9.98 Å². The molecule has 0 bridgehead atoms. The minimum Gasteiger partial charge on any atom is -0.309 e. The molecule has 0 radical (unpaired) electrons. The van der Waals surface area contributed by atoms with Gasteiger partial charge in [0.25, 0.3) is 0 Å². The van der Waals surface area contributed by atoms with Crippen molar-refractivity contribution in [3.8, 4) is 39.1 Å². The lowest BCUT2D eigenvalue weighted by Gasteiger charge is -2.22. The number of fused-ring (bicyclic) bond motifs is 11. The van der Waals surface area contributed by atoms with E-state index >= 15 is 4.57 Å². The van der Waals surface area contributed by atoms with Gasteiger partial charge in [-0.1, -0.05) is 159 Å². The summed E-state index contributed by atoms with van der Waals surface area (Å²) in [4.78, 5) is 0. The fraction of sp³-hybridized carbons (Fsp3) is 0.0612. The first-order chi connectivity index (χ1) is 25.5. The molecule has 3 heteroatoms. The molecule has 1 unspecified atom stereocenters. The number of para-hydroxylation sites is 1. The van der Waals surface area contributed by atoms with E-state index < -0.39 is 7.14 Å². The van der Waals surface area contributed by atoms with Crippen LogP contribution in [0.3, 0.4) is 0 Å². The monoisotopic (exact) mass is 683 g/mol. The SMILES string of the molecule is CC1(C)c2ccccc2-c2ccc(-c3ccc(-n4c5ccccc5c5ccc6c(c54)-c4ccccc4P6(=O)c4ccccc4)c4ccccc34)cc21. The first-order valence-corrected chi connectivity index (χ1v) is 19.8. The molecule has 2 aliphatic rings. The van der Waals surface area contributed by atoms with Gasteiger partial charge in [-0.2, -0.15) is 0 Å². The van der Waals surface area contributed by atoms with E-state index in [4.69, 9.17) is 0 Å². The summed E-state index contributed by atoms with van der Waals surface area (Å²) >= 11 is 0. The summed E-state index contributed by atoms with van der Waals surface area (Å²) in [6.45, 7) is 4.69. The van der Waals surface area contributed by atoms with Crippen LogP contribution in [0.5, 0.6) is 0 Å². The fourth-order valence-electron chi connectivity index (χ4n) is 9.43. The lowest BCUT2D eigenvalue weighted by Crippen LogP contribution is -2.20. The molecule has 0 saturated carbocycles. The number of benzene rings is 8. The number of hydrogen-bond acceptors (Lipinski definition) is 1. The van der Waals surface area contributed by atoms with Crippen LogP contribution in [0.15, 0.2) is 170 Å². The van der Waals surface area contributed by atoms with Crippen LogP contribution in [-0.4, -0.2) is 4.57 Å². The Morgan fingerprint density at radius 1 is 0.481 bits per heavy atom. The van der Waals surface area contributed by atoms with Gasteiger partial charge in [-0.25, -0.2) is 0 Å². The number of aromatic nitrogens is 1. The summed E-state index contributed by atoms with van der Waals surface area (Å²) < 4.78 is 18.0. The Balaban J connectivity index is 1.20. The van der Waals surface area contributed by atoms with Gasteiger partial charge in [0, 0.05) is 43.1 Å². The number of hydrogen-bond donors (Lipinski definition) is 0. The average molecular weight is 684 g/mol. The van der Waals surface area contributed by atoms with Crippen molar-refractivity contribution in [1.82, 2.24) is 4.57 Å². The van der Waals surface area contributed by atoms with E-state index in [1.807, 2.05) is 36.4 Å². The topological polar surface area (TPSA) is 22.0 Å². The van der Waals surface area contributed by atoms with Gasteiger partial charge in [-0.05, 0) is 68.6 Å².